The molecule has 224 valence electrons. The molecule has 2 amide bonds. The highest BCUT2D eigenvalue weighted by atomic mass is 32.2. The van der Waals surface area contributed by atoms with Gasteiger partial charge in [0.2, 0.25) is 11.8 Å². The van der Waals surface area contributed by atoms with Gasteiger partial charge >= 0.3 is 0 Å². The summed E-state index contributed by atoms with van der Waals surface area (Å²) in [6, 6.07) is 30.8. The lowest BCUT2D eigenvalue weighted by molar-refractivity contribution is -0.140. The van der Waals surface area contributed by atoms with Crippen molar-refractivity contribution in [3.63, 3.8) is 0 Å². The molecule has 0 fully saturated rings. The first-order valence-corrected chi connectivity index (χ1v) is 15.6. The summed E-state index contributed by atoms with van der Waals surface area (Å²) >= 11 is 0. The van der Waals surface area contributed by atoms with Crippen molar-refractivity contribution in [2.45, 2.75) is 37.8 Å². The standard InChI is InChI=1S/C34H37N3O5S/c1-4-35-34(39)32(23-27-14-7-5-8-15-27)36(24-28-16-12-18-30(22-28)42-3)33(38)25-37(29-17-11-13-26(2)21-29)43(40,41)31-19-9-6-10-20-31/h5-22,32H,4,23-25H2,1-3H3,(H,35,39)/t32-/m0/s1. The van der Waals surface area contributed by atoms with Crippen LogP contribution in [0.25, 0.3) is 0 Å². The van der Waals surface area contributed by atoms with E-state index in [-0.39, 0.29) is 23.8 Å². The number of ether oxygens (including phenoxy) is 1. The largest absolute Gasteiger partial charge is 0.497 e. The van der Waals surface area contributed by atoms with Gasteiger partial charge in [-0.15, -0.1) is 0 Å². The van der Waals surface area contributed by atoms with Crippen LogP contribution in [0.1, 0.15) is 23.6 Å². The van der Waals surface area contributed by atoms with Gasteiger partial charge in [0, 0.05) is 19.5 Å². The summed E-state index contributed by atoms with van der Waals surface area (Å²) in [6.45, 7) is 3.62. The predicted octanol–water partition coefficient (Wildman–Crippen LogP) is 4.98. The van der Waals surface area contributed by atoms with Crippen LogP contribution in [0.5, 0.6) is 5.75 Å². The van der Waals surface area contributed by atoms with Crippen LogP contribution < -0.4 is 14.4 Å². The smallest absolute Gasteiger partial charge is 0.264 e. The summed E-state index contributed by atoms with van der Waals surface area (Å²) in [5.41, 5.74) is 2.81. The Morgan fingerprint density at radius 1 is 0.837 bits per heavy atom. The Balaban J connectivity index is 1.80. The summed E-state index contributed by atoms with van der Waals surface area (Å²) in [7, 11) is -2.57. The van der Waals surface area contributed by atoms with Crippen molar-refractivity contribution in [1.82, 2.24) is 10.2 Å². The number of aryl methyl sites for hydroxylation is 1. The van der Waals surface area contributed by atoms with Gasteiger partial charge in [-0.05, 0) is 66.9 Å². The van der Waals surface area contributed by atoms with Crippen molar-refractivity contribution >= 4 is 27.5 Å². The number of carbonyl (C=O) groups is 2. The monoisotopic (exact) mass is 599 g/mol. The Bertz CT molecular complexity index is 1630. The molecule has 4 aromatic rings. The van der Waals surface area contributed by atoms with E-state index in [0.29, 0.717) is 18.0 Å². The zero-order chi connectivity index (χ0) is 30.8. The number of carbonyl (C=O) groups excluding carboxylic acids is 2. The van der Waals surface area contributed by atoms with E-state index < -0.39 is 28.5 Å². The molecule has 1 N–H and O–H groups in total. The Morgan fingerprint density at radius 3 is 2.14 bits per heavy atom. The SMILES string of the molecule is CCNC(=O)[C@H](Cc1ccccc1)N(Cc1cccc(OC)c1)C(=O)CN(c1cccc(C)c1)S(=O)(=O)c1ccccc1. The number of benzene rings is 4. The van der Waals surface area contributed by atoms with Crippen molar-refractivity contribution in [3.05, 3.63) is 126 Å². The predicted molar refractivity (Wildman–Crippen MR) is 168 cm³/mol. The average Bonchev–Trinajstić information content (AvgIpc) is 3.02. The van der Waals surface area contributed by atoms with E-state index >= 15 is 0 Å². The van der Waals surface area contributed by atoms with Gasteiger partial charge in [-0.25, -0.2) is 8.42 Å². The molecule has 4 aromatic carbocycles. The lowest BCUT2D eigenvalue weighted by Crippen LogP contribution is -2.53. The summed E-state index contributed by atoms with van der Waals surface area (Å²) < 4.78 is 34.5. The number of nitrogens with zero attached hydrogens (tertiary/aromatic N) is 2. The van der Waals surface area contributed by atoms with Crippen molar-refractivity contribution in [1.29, 1.82) is 0 Å². The third-order valence-corrected chi connectivity index (χ3v) is 8.80. The first kappa shape index (κ1) is 31.3. The number of likely N-dealkylation sites (N-methyl/N-ethyl adjacent to an activating group) is 1. The van der Waals surface area contributed by atoms with Gasteiger partial charge < -0.3 is 15.0 Å². The van der Waals surface area contributed by atoms with Gasteiger partial charge in [0.15, 0.2) is 0 Å². The zero-order valence-electron chi connectivity index (χ0n) is 24.6. The van der Waals surface area contributed by atoms with E-state index in [1.165, 1.54) is 17.0 Å². The summed E-state index contributed by atoms with van der Waals surface area (Å²) in [5.74, 6) is -0.234. The number of rotatable bonds is 13. The molecule has 4 rings (SSSR count). The fourth-order valence-electron chi connectivity index (χ4n) is 4.85. The fourth-order valence-corrected chi connectivity index (χ4v) is 6.27. The van der Waals surface area contributed by atoms with Crippen LogP contribution >= 0.6 is 0 Å². The fraction of sp³-hybridized carbons (Fsp3) is 0.235. The van der Waals surface area contributed by atoms with E-state index in [9.17, 15) is 18.0 Å². The molecule has 0 aliphatic carbocycles. The maximum absolute atomic E-state index is 14.4. The highest BCUT2D eigenvalue weighted by molar-refractivity contribution is 7.92. The Kier molecular flexibility index (Phi) is 10.6. The van der Waals surface area contributed by atoms with Gasteiger partial charge in [-0.3, -0.25) is 13.9 Å². The minimum absolute atomic E-state index is 0.0632. The van der Waals surface area contributed by atoms with Gasteiger partial charge in [0.25, 0.3) is 10.0 Å². The number of anilines is 1. The minimum Gasteiger partial charge on any atom is -0.497 e. The second-order valence-corrected chi connectivity index (χ2v) is 12.0. The topological polar surface area (TPSA) is 96.0 Å². The van der Waals surface area contributed by atoms with Crippen LogP contribution in [0.2, 0.25) is 0 Å². The summed E-state index contributed by atoms with van der Waals surface area (Å²) in [4.78, 5) is 29.5. The first-order chi connectivity index (χ1) is 20.7. The summed E-state index contributed by atoms with van der Waals surface area (Å²) in [5, 5.41) is 2.87. The van der Waals surface area contributed by atoms with Crippen molar-refractivity contribution in [3.8, 4) is 5.75 Å². The van der Waals surface area contributed by atoms with E-state index in [0.717, 1.165) is 21.0 Å². The number of sulfonamides is 1. The molecule has 0 bridgehead atoms. The molecule has 0 spiro atoms. The first-order valence-electron chi connectivity index (χ1n) is 14.1. The molecule has 0 aliphatic heterocycles. The van der Waals surface area contributed by atoms with Crippen LogP contribution in [-0.4, -0.2) is 51.4 Å². The van der Waals surface area contributed by atoms with Crippen LogP contribution in [0.3, 0.4) is 0 Å². The molecule has 8 nitrogen and oxygen atoms in total. The second kappa shape index (κ2) is 14.5. The Labute approximate surface area is 254 Å². The molecule has 0 aromatic heterocycles. The van der Waals surface area contributed by atoms with Crippen molar-refractivity contribution in [2.75, 3.05) is 24.5 Å². The van der Waals surface area contributed by atoms with Crippen LogP contribution in [0.4, 0.5) is 5.69 Å². The molecule has 0 radical (unpaired) electrons. The normalized spacial score (nSPS) is 11.8. The Hall–Kier alpha value is -4.63. The second-order valence-electron chi connectivity index (χ2n) is 10.1. The zero-order valence-corrected chi connectivity index (χ0v) is 25.5. The number of hydrogen-bond acceptors (Lipinski definition) is 5. The van der Waals surface area contributed by atoms with E-state index in [2.05, 4.69) is 5.32 Å². The van der Waals surface area contributed by atoms with Crippen LogP contribution in [-0.2, 0) is 32.6 Å². The molecular formula is C34H37N3O5S. The van der Waals surface area contributed by atoms with Crippen molar-refractivity contribution in [2.24, 2.45) is 0 Å². The van der Waals surface area contributed by atoms with E-state index in [1.807, 2.05) is 62.4 Å². The minimum atomic E-state index is -4.13. The number of methoxy groups -OCH3 is 1. The lowest BCUT2D eigenvalue weighted by atomic mass is 10.0. The average molecular weight is 600 g/mol. The molecular weight excluding hydrogens is 562 g/mol. The van der Waals surface area contributed by atoms with Crippen molar-refractivity contribution < 1.29 is 22.7 Å². The molecule has 0 saturated heterocycles. The van der Waals surface area contributed by atoms with Crippen LogP contribution in [0, 0.1) is 6.92 Å². The van der Waals surface area contributed by atoms with E-state index in [4.69, 9.17) is 4.74 Å². The van der Waals surface area contributed by atoms with Gasteiger partial charge in [-0.1, -0.05) is 72.8 Å². The quantitative estimate of drug-likeness (QED) is 0.234. The van der Waals surface area contributed by atoms with Gasteiger partial charge in [-0.2, -0.15) is 0 Å². The molecule has 43 heavy (non-hydrogen) atoms. The Morgan fingerprint density at radius 2 is 1.49 bits per heavy atom. The third-order valence-electron chi connectivity index (χ3n) is 7.01. The molecule has 9 heteroatoms. The molecule has 0 aliphatic rings. The molecule has 0 unspecified atom stereocenters. The number of hydrogen-bond donors (Lipinski definition) is 1. The molecule has 0 saturated carbocycles. The maximum atomic E-state index is 14.4. The van der Waals surface area contributed by atoms with Gasteiger partial charge in [0.05, 0.1) is 17.7 Å². The third kappa shape index (κ3) is 8.02. The highest BCUT2D eigenvalue weighted by Crippen LogP contribution is 2.26. The molecule has 0 heterocycles. The maximum Gasteiger partial charge on any atom is 0.264 e. The number of amides is 2. The van der Waals surface area contributed by atoms with Crippen LogP contribution in [0.15, 0.2) is 114 Å². The summed E-state index contributed by atoms with van der Waals surface area (Å²) in [6.07, 6.45) is 0.248. The van der Waals surface area contributed by atoms with Gasteiger partial charge in [0.1, 0.15) is 18.3 Å². The van der Waals surface area contributed by atoms with E-state index in [1.54, 1.807) is 55.6 Å². The highest BCUT2D eigenvalue weighted by Gasteiger charge is 2.34. The molecule has 1 atom stereocenters. The number of nitrogens with one attached hydrogen (secondary N) is 1. The lowest BCUT2D eigenvalue weighted by Gasteiger charge is -2.34.